The zero-order valence-electron chi connectivity index (χ0n) is 19.3. The molecule has 0 fully saturated rings. The number of nitrogens with one attached hydrogen (secondary N) is 2. The van der Waals surface area contributed by atoms with Crippen molar-refractivity contribution in [3.05, 3.63) is 91.5 Å². The van der Waals surface area contributed by atoms with Crippen LogP contribution in [0.25, 0.3) is 72.9 Å². The highest BCUT2D eigenvalue weighted by Crippen LogP contribution is 2.34. The molecule has 0 saturated heterocycles. The molecule has 0 aliphatic rings. The normalized spacial score (nSPS) is 11.8. The molecule has 0 aliphatic heterocycles. The number of imidazole rings is 1. The van der Waals surface area contributed by atoms with E-state index in [0.29, 0.717) is 28.5 Å². The zero-order chi connectivity index (χ0) is 24.3. The van der Waals surface area contributed by atoms with E-state index in [9.17, 15) is 0 Å². The largest absolute Gasteiger partial charge is 0.337 e. The van der Waals surface area contributed by atoms with E-state index >= 15 is 0 Å². The predicted octanol–water partition coefficient (Wildman–Crippen LogP) is 5.45. The molecule has 2 aromatic carbocycles. The SMILES string of the molecule is c1ccc2c(c1)c1ccccc1n2-c1cc(-c2cc3nccnc3[nH]2)nc(-c2nc3nccnc3[nH]2)c1. The Labute approximate surface area is 208 Å². The minimum atomic E-state index is 0.544. The maximum Gasteiger partial charge on any atom is 0.197 e. The minimum absolute atomic E-state index is 0.544. The average molecular weight is 480 g/mol. The highest BCUT2D eigenvalue weighted by molar-refractivity contribution is 6.09. The van der Waals surface area contributed by atoms with Gasteiger partial charge in [0.15, 0.2) is 22.8 Å². The second kappa shape index (κ2) is 7.53. The fraction of sp³-hybridized carbons (Fsp3) is 0. The van der Waals surface area contributed by atoms with E-state index in [0.717, 1.165) is 33.6 Å². The number of para-hydroxylation sites is 2. The maximum atomic E-state index is 4.98. The summed E-state index contributed by atoms with van der Waals surface area (Å²) in [6, 6.07) is 22.9. The molecule has 0 spiro atoms. The Kier molecular flexibility index (Phi) is 4.03. The summed E-state index contributed by atoms with van der Waals surface area (Å²) in [7, 11) is 0. The van der Waals surface area contributed by atoms with Crippen molar-refractivity contribution < 1.29 is 0 Å². The molecule has 9 heteroatoms. The fourth-order valence-electron chi connectivity index (χ4n) is 4.96. The lowest BCUT2D eigenvalue weighted by molar-refractivity contribution is 1.14. The monoisotopic (exact) mass is 479 g/mol. The van der Waals surface area contributed by atoms with Gasteiger partial charge in [-0.25, -0.2) is 24.9 Å². The first-order chi connectivity index (χ1) is 18.3. The van der Waals surface area contributed by atoms with Gasteiger partial charge < -0.3 is 14.5 Å². The number of nitrogens with zero attached hydrogens (tertiary/aromatic N) is 7. The molecule has 6 heterocycles. The Hall–Kier alpha value is -5.44. The quantitative estimate of drug-likeness (QED) is 0.348. The highest BCUT2D eigenvalue weighted by atomic mass is 15.1. The van der Waals surface area contributed by atoms with Crippen LogP contribution in [0.3, 0.4) is 0 Å². The van der Waals surface area contributed by atoms with Crippen molar-refractivity contribution in [2.75, 3.05) is 0 Å². The Bertz CT molecular complexity index is 1900. The van der Waals surface area contributed by atoms with Crippen molar-refractivity contribution in [2.24, 2.45) is 0 Å². The highest BCUT2D eigenvalue weighted by Gasteiger charge is 2.17. The van der Waals surface area contributed by atoms with Crippen LogP contribution in [0, 0.1) is 0 Å². The first-order valence-corrected chi connectivity index (χ1v) is 11.8. The lowest BCUT2D eigenvalue weighted by Gasteiger charge is -2.11. The van der Waals surface area contributed by atoms with Gasteiger partial charge in [0.2, 0.25) is 0 Å². The van der Waals surface area contributed by atoms with Crippen molar-refractivity contribution in [3.63, 3.8) is 0 Å². The number of fused-ring (bicyclic) bond motifs is 5. The zero-order valence-corrected chi connectivity index (χ0v) is 19.3. The summed E-state index contributed by atoms with van der Waals surface area (Å²) >= 11 is 0. The van der Waals surface area contributed by atoms with Gasteiger partial charge in [-0.1, -0.05) is 36.4 Å². The molecular weight excluding hydrogens is 462 g/mol. The number of H-pyrrole nitrogens is 2. The average Bonchev–Trinajstić information content (AvgIpc) is 3.66. The lowest BCUT2D eigenvalue weighted by Crippen LogP contribution is -1.99. The minimum Gasteiger partial charge on any atom is -0.337 e. The van der Waals surface area contributed by atoms with E-state index < -0.39 is 0 Å². The Morgan fingerprint density at radius 1 is 0.595 bits per heavy atom. The van der Waals surface area contributed by atoms with Gasteiger partial charge in [-0.2, -0.15) is 0 Å². The summed E-state index contributed by atoms with van der Waals surface area (Å²) in [5, 5.41) is 2.38. The molecule has 0 saturated carbocycles. The molecule has 0 atom stereocenters. The molecule has 174 valence electrons. The number of hydrogen-bond donors (Lipinski definition) is 2. The summed E-state index contributed by atoms with van der Waals surface area (Å²) in [6.45, 7) is 0. The summed E-state index contributed by atoms with van der Waals surface area (Å²) < 4.78 is 2.26. The van der Waals surface area contributed by atoms with Gasteiger partial charge in [0.25, 0.3) is 0 Å². The second-order valence-corrected chi connectivity index (χ2v) is 8.75. The third-order valence-electron chi connectivity index (χ3n) is 6.56. The first-order valence-electron chi connectivity index (χ1n) is 11.8. The van der Waals surface area contributed by atoms with Crippen LogP contribution in [0.2, 0.25) is 0 Å². The molecule has 0 aliphatic carbocycles. The first kappa shape index (κ1) is 19.8. The van der Waals surface area contributed by atoms with E-state index in [1.54, 1.807) is 24.8 Å². The van der Waals surface area contributed by atoms with Crippen molar-refractivity contribution >= 4 is 44.3 Å². The number of aromatic nitrogens is 9. The summed E-state index contributed by atoms with van der Waals surface area (Å²) in [5.41, 5.74) is 8.06. The van der Waals surface area contributed by atoms with Crippen LogP contribution in [0.4, 0.5) is 0 Å². The van der Waals surface area contributed by atoms with Gasteiger partial charge in [0, 0.05) is 35.6 Å². The third-order valence-corrected chi connectivity index (χ3v) is 6.56. The molecule has 0 radical (unpaired) electrons. The number of benzene rings is 2. The topological polar surface area (TPSA) is 114 Å². The van der Waals surface area contributed by atoms with Crippen molar-refractivity contribution in [3.8, 4) is 28.6 Å². The maximum absolute atomic E-state index is 4.98. The van der Waals surface area contributed by atoms with Crippen molar-refractivity contribution in [1.82, 2.24) is 44.4 Å². The Morgan fingerprint density at radius 2 is 1.27 bits per heavy atom. The van der Waals surface area contributed by atoms with Crippen LogP contribution in [-0.4, -0.2) is 44.4 Å². The lowest BCUT2D eigenvalue weighted by atomic mass is 10.2. The molecule has 0 amide bonds. The van der Waals surface area contributed by atoms with Crippen molar-refractivity contribution in [1.29, 1.82) is 0 Å². The Morgan fingerprint density at radius 3 is 2.03 bits per heavy atom. The number of hydrogen-bond acceptors (Lipinski definition) is 6. The van der Waals surface area contributed by atoms with E-state index in [2.05, 4.69) is 94.1 Å². The van der Waals surface area contributed by atoms with Crippen LogP contribution in [0.5, 0.6) is 0 Å². The van der Waals surface area contributed by atoms with Crippen LogP contribution in [0.15, 0.2) is 91.5 Å². The fourth-order valence-corrected chi connectivity index (χ4v) is 4.96. The van der Waals surface area contributed by atoms with E-state index in [-0.39, 0.29) is 0 Å². The van der Waals surface area contributed by atoms with Crippen LogP contribution >= 0.6 is 0 Å². The van der Waals surface area contributed by atoms with Gasteiger partial charge in [0.1, 0.15) is 11.2 Å². The van der Waals surface area contributed by atoms with E-state index in [1.165, 1.54) is 10.8 Å². The molecule has 6 aromatic heterocycles. The molecule has 9 nitrogen and oxygen atoms in total. The van der Waals surface area contributed by atoms with Gasteiger partial charge >= 0.3 is 0 Å². The molecule has 0 bridgehead atoms. The van der Waals surface area contributed by atoms with E-state index in [4.69, 9.17) is 4.98 Å². The van der Waals surface area contributed by atoms with Crippen LogP contribution in [-0.2, 0) is 0 Å². The van der Waals surface area contributed by atoms with E-state index in [1.807, 2.05) is 12.1 Å². The molecule has 2 N–H and O–H groups in total. The number of rotatable bonds is 3. The molecule has 8 aromatic rings. The number of aromatic amines is 2. The number of pyridine rings is 1. The van der Waals surface area contributed by atoms with Gasteiger partial charge in [-0.15, -0.1) is 0 Å². The van der Waals surface area contributed by atoms with Crippen LogP contribution in [0.1, 0.15) is 0 Å². The summed E-state index contributed by atoms with van der Waals surface area (Å²) in [5.74, 6) is 0.595. The van der Waals surface area contributed by atoms with Gasteiger partial charge in [-0.3, -0.25) is 4.98 Å². The molecule has 8 rings (SSSR count). The molecule has 37 heavy (non-hydrogen) atoms. The summed E-state index contributed by atoms with van der Waals surface area (Å²) in [4.78, 5) is 33.8. The van der Waals surface area contributed by atoms with Gasteiger partial charge in [-0.05, 0) is 30.3 Å². The molecular formula is C28H17N9. The molecule has 0 unspecified atom stereocenters. The van der Waals surface area contributed by atoms with Crippen LogP contribution < -0.4 is 0 Å². The smallest absolute Gasteiger partial charge is 0.197 e. The predicted molar refractivity (Wildman–Crippen MR) is 142 cm³/mol. The second-order valence-electron chi connectivity index (χ2n) is 8.75. The van der Waals surface area contributed by atoms with Crippen molar-refractivity contribution in [2.45, 2.75) is 0 Å². The summed E-state index contributed by atoms with van der Waals surface area (Å²) in [6.07, 6.45) is 6.62. The van der Waals surface area contributed by atoms with Gasteiger partial charge in [0.05, 0.1) is 28.1 Å². The third kappa shape index (κ3) is 3.04. The standard InChI is InChI=1S/C28H17N9/c1-3-7-23-17(5-1)18-6-2-4-8-24(18)37(23)16-13-19(20-15-21-25(34-20)30-10-9-29-21)33-22(14-16)26-35-27-28(36-26)32-12-11-31-27/h1-15H,(H,30,34)(H,31,32,35,36). The Balaban J connectivity index is 1.44.